The summed E-state index contributed by atoms with van der Waals surface area (Å²) in [6.45, 7) is 4.49. The number of nitrogens with one attached hydrogen (secondary N) is 1. The van der Waals surface area contributed by atoms with Gasteiger partial charge in [0.05, 0.1) is 17.1 Å². The number of fused-ring (bicyclic) bond motifs is 1. The number of hydrogen-bond donors (Lipinski definition) is 1. The lowest BCUT2D eigenvalue weighted by Crippen LogP contribution is -2.17. The van der Waals surface area contributed by atoms with Gasteiger partial charge < -0.3 is 5.32 Å². The number of amides is 1. The SMILES string of the molecule is CCn1cc(NC(=O)c2cc(-c3ccc(F)cc3)nc3ncnn23)c(C)n1. The van der Waals surface area contributed by atoms with Gasteiger partial charge in [0, 0.05) is 18.3 Å². The van der Waals surface area contributed by atoms with E-state index in [9.17, 15) is 9.18 Å². The van der Waals surface area contributed by atoms with Crippen LogP contribution in [-0.4, -0.2) is 35.3 Å². The van der Waals surface area contributed by atoms with Gasteiger partial charge in [-0.15, -0.1) is 0 Å². The first-order valence-electron chi connectivity index (χ1n) is 8.37. The van der Waals surface area contributed by atoms with E-state index in [-0.39, 0.29) is 23.2 Å². The van der Waals surface area contributed by atoms with Crippen molar-refractivity contribution in [2.75, 3.05) is 5.32 Å². The summed E-state index contributed by atoms with van der Waals surface area (Å²) in [5, 5.41) is 11.2. The molecule has 4 aromatic rings. The van der Waals surface area contributed by atoms with Gasteiger partial charge in [0.15, 0.2) is 0 Å². The molecule has 136 valence electrons. The maximum Gasteiger partial charge on any atom is 0.274 e. The van der Waals surface area contributed by atoms with Crippen LogP contribution < -0.4 is 5.32 Å². The molecule has 0 aliphatic carbocycles. The Labute approximate surface area is 153 Å². The molecule has 0 unspecified atom stereocenters. The second-order valence-corrected chi connectivity index (χ2v) is 5.94. The Morgan fingerprint density at radius 1 is 1.26 bits per heavy atom. The van der Waals surface area contributed by atoms with Gasteiger partial charge in [0.2, 0.25) is 0 Å². The summed E-state index contributed by atoms with van der Waals surface area (Å²) in [6.07, 6.45) is 3.10. The van der Waals surface area contributed by atoms with Gasteiger partial charge in [0.25, 0.3) is 11.7 Å². The highest BCUT2D eigenvalue weighted by molar-refractivity contribution is 6.04. The summed E-state index contributed by atoms with van der Waals surface area (Å²) in [5.74, 6) is -0.429. The highest BCUT2D eigenvalue weighted by Crippen LogP contribution is 2.21. The number of aryl methyl sites for hydroxylation is 2. The maximum absolute atomic E-state index is 13.2. The predicted octanol–water partition coefficient (Wildman–Crippen LogP) is 2.71. The van der Waals surface area contributed by atoms with Crippen molar-refractivity contribution < 1.29 is 9.18 Å². The van der Waals surface area contributed by atoms with E-state index in [0.29, 0.717) is 29.2 Å². The number of carbonyl (C=O) groups is 1. The first-order valence-corrected chi connectivity index (χ1v) is 8.37. The van der Waals surface area contributed by atoms with Crippen LogP contribution in [0.5, 0.6) is 0 Å². The van der Waals surface area contributed by atoms with Crippen LogP contribution in [0.25, 0.3) is 17.0 Å². The van der Waals surface area contributed by atoms with Gasteiger partial charge in [-0.2, -0.15) is 19.7 Å². The van der Waals surface area contributed by atoms with Crippen LogP contribution >= 0.6 is 0 Å². The molecular weight excluding hydrogens is 349 g/mol. The highest BCUT2D eigenvalue weighted by Gasteiger charge is 2.17. The number of halogens is 1. The Hall–Kier alpha value is -3.62. The third kappa shape index (κ3) is 3.14. The molecule has 0 saturated carbocycles. The minimum atomic E-state index is -0.366. The summed E-state index contributed by atoms with van der Waals surface area (Å²) in [7, 11) is 0. The summed E-state index contributed by atoms with van der Waals surface area (Å²) in [4.78, 5) is 21.4. The number of carbonyl (C=O) groups excluding carboxylic acids is 1. The van der Waals surface area contributed by atoms with Gasteiger partial charge in [-0.25, -0.2) is 9.37 Å². The maximum atomic E-state index is 13.2. The lowest BCUT2D eigenvalue weighted by molar-refractivity contribution is 0.101. The summed E-state index contributed by atoms with van der Waals surface area (Å²) < 4.78 is 16.3. The zero-order chi connectivity index (χ0) is 19.0. The number of aromatic nitrogens is 6. The second kappa shape index (κ2) is 6.60. The van der Waals surface area contributed by atoms with Gasteiger partial charge in [-0.05, 0) is 44.2 Å². The van der Waals surface area contributed by atoms with Crippen molar-refractivity contribution in [3.8, 4) is 11.3 Å². The van der Waals surface area contributed by atoms with Crippen molar-refractivity contribution in [1.82, 2.24) is 29.4 Å². The Kier molecular flexibility index (Phi) is 4.11. The standard InChI is InChI=1S/C18H16FN7O/c1-3-25-9-15(11(2)24-25)22-17(27)16-8-14(12-4-6-13(19)7-5-12)23-18-20-10-21-26(16)18/h4-10H,3H2,1-2H3,(H,22,27). The zero-order valence-electron chi connectivity index (χ0n) is 14.7. The molecule has 9 heteroatoms. The molecule has 27 heavy (non-hydrogen) atoms. The van der Waals surface area contributed by atoms with Gasteiger partial charge in [0.1, 0.15) is 17.8 Å². The smallest absolute Gasteiger partial charge is 0.274 e. The molecule has 0 fully saturated rings. The van der Waals surface area contributed by atoms with Crippen molar-refractivity contribution in [2.45, 2.75) is 20.4 Å². The van der Waals surface area contributed by atoms with E-state index in [1.54, 1.807) is 29.1 Å². The third-order valence-corrected chi connectivity index (χ3v) is 4.14. The molecule has 1 N–H and O–H groups in total. The molecule has 0 aliphatic rings. The van der Waals surface area contributed by atoms with Gasteiger partial charge in [-0.3, -0.25) is 9.48 Å². The molecule has 0 spiro atoms. The molecule has 1 aromatic carbocycles. The van der Waals surface area contributed by atoms with E-state index in [1.165, 1.54) is 23.0 Å². The van der Waals surface area contributed by atoms with Gasteiger partial charge in [-0.1, -0.05) is 0 Å². The fraction of sp³-hybridized carbons (Fsp3) is 0.167. The number of anilines is 1. The average Bonchev–Trinajstić information content (AvgIpc) is 3.28. The average molecular weight is 365 g/mol. The van der Waals surface area contributed by atoms with Crippen molar-refractivity contribution in [2.24, 2.45) is 0 Å². The number of hydrogen-bond acceptors (Lipinski definition) is 5. The Bertz CT molecular complexity index is 1130. The molecule has 0 saturated heterocycles. The monoisotopic (exact) mass is 365 g/mol. The molecule has 8 nitrogen and oxygen atoms in total. The topological polar surface area (TPSA) is 90.0 Å². The fourth-order valence-corrected chi connectivity index (χ4v) is 2.73. The molecule has 0 atom stereocenters. The van der Waals surface area contributed by atoms with Crippen LogP contribution in [0.2, 0.25) is 0 Å². The van der Waals surface area contributed by atoms with Gasteiger partial charge >= 0.3 is 0 Å². The molecule has 0 aliphatic heterocycles. The number of rotatable bonds is 4. The van der Waals surface area contributed by atoms with Crippen LogP contribution in [0.15, 0.2) is 42.9 Å². The first kappa shape index (κ1) is 16.8. The summed E-state index contributed by atoms with van der Waals surface area (Å²) >= 11 is 0. The Morgan fingerprint density at radius 3 is 2.74 bits per heavy atom. The van der Waals surface area contributed by atoms with E-state index in [2.05, 4.69) is 25.5 Å². The lowest BCUT2D eigenvalue weighted by atomic mass is 10.1. The third-order valence-electron chi connectivity index (χ3n) is 4.14. The van der Waals surface area contributed by atoms with Crippen LogP contribution in [0.1, 0.15) is 23.1 Å². The zero-order valence-corrected chi connectivity index (χ0v) is 14.7. The molecule has 0 radical (unpaired) electrons. The molecule has 4 rings (SSSR count). The molecule has 3 heterocycles. The Balaban J connectivity index is 1.75. The Morgan fingerprint density at radius 2 is 2.04 bits per heavy atom. The van der Waals surface area contributed by atoms with E-state index < -0.39 is 0 Å². The van der Waals surface area contributed by atoms with E-state index in [0.717, 1.165) is 0 Å². The fourth-order valence-electron chi connectivity index (χ4n) is 2.73. The van der Waals surface area contributed by atoms with Crippen molar-refractivity contribution in [1.29, 1.82) is 0 Å². The number of nitrogens with zero attached hydrogens (tertiary/aromatic N) is 6. The minimum absolute atomic E-state index is 0.264. The molecule has 3 aromatic heterocycles. The number of benzene rings is 1. The molecule has 0 bridgehead atoms. The van der Waals surface area contributed by atoms with E-state index in [1.807, 2.05) is 13.8 Å². The quantitative estimate of drug-likeness (QED) is 0.600. The van der Waals surface area contributed by atoms with Crippen molar-refractivity contribution >= 4 is 17.4 Å². The molecular formula is C18H16FN7O. The van der Waals surface area contributed by atoms with Crippen LogP contribution in [0.3, 0.4) is 0 Å². The van der Waals surface area contributed by atoms with Crippen LogP contribution in [-0.2, 0) is 6.54 Å². The summed E-state index contributed by atoms with van der Waals surface area (Å²) in [5.41, 5.74) is 2.77. The minimum Gasteiger partial charge on any atom is -0.318 e. The van der Waals surface area contributed by atoms with Crippen LogP contribution in [0.4, 0.5) is 10.1 Å². The normalized spacial score (nSPS) is 11.1. The van der Waals surface area contributed by atoms with Crippen LogP contribution in [0, 0.1) is 12.7 Å². The highest BCUT2D eigenvalue weighted by atomic mass is 19.1. The van der Waals surface area contributed by atoms with Crippen molar-refractivity contribution in [3.63, 3.8) is 0 Å². The molecule has 1 amide bonds. The lowest BCUT2D eigenvalue weighted by Gasteiger charge is -2.08. The van der Waals surface area contributed by atoms with E-state index in [4.69, 9.17) is 0 Å². The van der Waals surface area contributed by atoms with E-state index >= 15 is 0 Å². The van der Waals surface area contributed by atoms with Crippen molar-refractivity contribution in [3.05, 3.63) is 60.1 Å². The second-order valence-electron chi connectivity index (χ2n) is 5.94. The largest absolute Gasteiger partial charge is 0.318 e. The summed E-state index contributed by atoms with van der Waals surface area (Å²) in [6, 6.07) is 7.48. The first-order chi connectivity index (χ1) is 13.0. The predicted molar refractivity (Wildman–Crippen MR) is 96.8 cm³/mol.